The Labute approximate surface area is 127 Å². The molecule has 0 saturated heterocycles. The van der Waals surface area contributed by atoms with E-state index in [9.17, 15) is 0 Å². The highest BCUT2D eigenvalue weighted by Crippen LogP contribution is 2.27. The van der Waals surface area contributed by atoms with E-state index >= 15 is 0 Å². The van der Waals surface area contributed by atoms with E-state index in [0.29, 0.717) is 0 Å². The van der Waals surface area contributed by atoms with Crippen molar-refractivity contribution in [3.8, 4) is 11.3 Å². The van der Waals surface area contributed by atoms with Crippen LogP contribution in [-0.2, 0) is 0 Å². The van der Waals surface area contributed by atoms with E-state index in [4.69, 9.17) is 11.6 Å². The summed E-state index contributed by atoms with van der Waals surface area (Å²) in [6.07, 6.45) is 0. The van der Waals surface area contributed by atoms with E-state index in [2.05, 4.69) is 46.9 Å². The Kier molecular flexibility index (Phi) is 3.72. The molecule has 1 heterocycles. The third-order valence-electron chi connectivity index (χ3n) is 2.95. The Bertz CT molecular complexity index is 702. The molecule has 2 aromatic carbocycles. The van der Waals surface area contributed by atoms with Crippen molar-refractivity contribution < 1.29 is 0 Å². The molecule has 0 aliphatic heterocycles. The molecule has 1 N–H and O–H groups in total. The Balaban J connectivity index is 1.80. The van der Waals surface area contributed by atoms with Crippen LogP contribution in [0.5, 0.6) is 0 Å². The maximum atomic E-state index is 5.87. The average Bonchev–Trinajstić information content (AvgIpc) is 2.91. The van der Waals surface area contributed by atoms with Gasteiger partial charge in [0.05, 0.1) is 5.69 Å². The first kappa shape index (κ1) is 13.2. The molecule has 0 aliphatic carbocycles. The van der Waals surface area contributed by atoms with Crippen LogP contribution >= 0.6 is 22.9 Å². The molecule has 0 spiro atoms. The third-order valence-corrected chi connectivity index (χ3v) is 3.96. The van der Waals surface area contributed by atoms with E-state index < -0.39 is 0 Å². The highest BCUT2D eigenvalue weighted by Gasteiger charge is 2.04. The van der Waals surface area contributed by atoms with Gasteiger partial charge >= 0.3 is 0 Å². The summed E-state index contributed by atoms with van der Waals surface area (Å²) in [5.74, 6) is 0. The number of anilines is 2. The van der Waals surface area contributed by atoms with Gasteiger partial charge in [0.1, 0.15) is 0 Å². The van der Waals surface area contributed by atoms with Gasteiger partial charge in [0, 0.05) is 21.7 Å². The van der Waals surface area contributed by atoms with Crippen LogP contribution in [0.15, 0.2) is 53.9 Å². The van der Waals surface area contributed by atoms with Gasteiger partial charge in [0.25, 0.3) is 0 Å². The number of benzene rings is 2. The smallest absolute Gasteiger partial charge is 0.187 e. The van der Waals surface area contributed by atoms with Crippen LogP contribution in [0.4, 0.5) is 10.8 Å². The third kappa shape index (κ3) is 3.00. The number of aromatic nitrogens is 1. The van der Waals surface area contributed by atoms with Gasteiger partial charge in [-0.1, -0.05) is 41.4 Å². The molecule has 0 saturated carbocycles. The standard InChI is InChI=1S/C16H13ClN2S/c1-11-2-4-12(5-3-11)15-10-20-16(19-15)18-14-8-6-13(17)7-9-14/h2-10H,1H3,(H,18,19). The topological polar surface area (TPSA) is 24.9 Å². The van der Waals surface area contributed by atoms with Crippen molar-refractivity contribution in [3.63, 3.8) is 0 Å². The molecule has 1 aromatic heterocycles. The van der Waals surface area contributed by atoms with Crippen molar-refractivity contribution in [2.45, 2.75) is 6.92 Å². The number of aryl methyl sites for hydroxylation is 1. The van der Waals surface area contributed by atoms with E-state index in [-0.39, 0.29) is 0 Å². The van der Waals surface area contributed by atoms with Gasteiger partial charge in [-0.15, -0.1) is 11.3 Å². The molecule has 0 amide bonds. The zero-order valence-corrected chi connectivity index (χ0v) is 12.5. The van der Waals surface area contributed by atoms with Crippen LogP contribution in [0.2, 0.25) is 5.02 Å². The van der Waals surface area contributed by atoms with Gasteiger partial charge in [0.2, 0.25) is 0 Å². The van der Waals surface area contributed by atoms with E-state index in [1.54, 1.807) is 11.3 Å². The molecule has 100 valence electrons. The molecule has 3 aromatic rings. The second-order valence-electron chi connectivity index (χ2n) is 4.54. The minimum absolute atomic E-state index is 0.732. The van der Waals surface area contributed by atoms with Crippen molar-refractivity contribution in [1.82, 2.24) is 4.98 Å². The predicted molar refractivity (Wildman–Crippen MR) is 87.0 cm³/mol. The van der Waals surface area contributed by atoms with Gasteiger partial charge in [-0.05, 0) is 31.2 Å². The first-order valence-corrected chi connectivity index (χ1v) is 7.52. The minimum Gasteiger partial charge on any atom is -0.332 e. The average molecular weight is 301 g/mol. The Morgan fingerprint density at radius 3 is 2.40 bits per heavy atom. The predicted octanol–water partition coefficient (Wildman–Crippen LogP) is 5.52. The summed E-state index contributed by atoms with van der Waals surface area (Å²) in [5.41, 5.74) is 4.37. The number of nitrogens with one attached hydrogen (secondary N) is 1. The van der Waals surface area contributed by atoms with Crippen molar-refractivity contribution in [3.05, 3.63) is 64.5 Å². The molecule has 2 nitrogen and oxygen atoms in total. The maximum absolute atomic E-state index is 5.87. The molecule has 0 radical (unpaired) electrons. The van der Waals surface area contributed by atoms with Crippen molar-refractivity contribution in [2.75, 3.05) is 5.32 Å². The summed E-state index contributed by atoms with van der Waals surface area (Å²) >= 11 is 7.46. The second kappa shape index (κ2) is 5.65. The van der Waals surface area contributed by atoms with Crippen LogP contribution in [0.25, 0.3) is 11.3 Å². The summed E-state index contributed by atoms with van der Waals surface area (Å²) in [7, 11) is 0. The number of halogens is 1. The van der Waals surface area contributed by atoms with Crippen molar-refractivity contribution in [2.24, 2.45) is 0 Å². The fraction of sp³-hybridized carbons (Fsp3) is 0.0625. The molecule has 20 heavy (non-hydrogen) atoms. The fourth-order valence-corrected chi connectivity index (χ4v) is 2.71. The number of nitrogens with zero attached hydrogens (tertiary/aromatic N) is 1. The Morgan fingerprint density at radius 1 is 1.00 bits per heavy atom. The quantitative estimate of drug-likeness (QED) is 0.689. The van der Waals surface area contributed by atoms with Crippen LogP contribution < -0.4 is 5.32 Å². The number of thiazole rings is 1. The summed E-state index contributed by atoms with van der Waals surface area (Å²) in [5, 5.41) is 6.95. The van der Waals surface area contributed by atoms with Gasteiger partial charge < -0.3 is 5.32 Å². The summed E-state index contributed by atoms with van der Waals surface area (Å²) in [6.45, 7) is 2.08. The zero-order valence-electron chi connectivity index (χ0n) is 10.9. The molecule has 3 rings (SSSR count). The monoisotopic (exact) mass is 300 g/mol. The second-order valence-corrected chi connectivity index (χ2v) is 5.83. The highest BCUT2D eigenvalue weighted by atomic mass is 35.5. The van der Waals surface area contributed by atoms with Gasteiger partial charge in [-0.2, -0.15) is 0 Å². The van der Waals surface area contributed by atoms with E-state index in [1.807, 2.05) is 24.3 Å². The number of hydrogen-bond acceptors (Lipinski definition) is 3. The molecule has 0 fully saturated rings. The van der Waals surface area contributed by atoms with Gasteiger partial charge in [-0.25, -0.2) is 4.98 Å². The lowest BCUT2D eigenvalue weighted by Crippen LogP contribution is -1.89. The first-order valence-electron chi connectivity index (χ1n) is 6.26. The van der Waals surface area contributed by atoms with Crippen LogP contribution in [0.3, 0.4) is 0 Å². The highest BCUT2D eigenvalue weighted by molar-refractivity contribution is 7.14. The van der Waals surface area contributed by atoms with Crippen LogP contribution in [-0.4, -0.2) is 4.98 Å². The lowest BCUT2D eigenvalue weighted by Gasteiger charge is -2.02. The lowest BCUT2D eigenvalue weighted by molar-refractivity contribution is 1.37. The summed E-state index contributed by atoms with van der Waals surface area (Å²) in [6, 6.07) is 16.0. The SMILES string of the molecule is Cc1ccc(-c2csc(Nc3ccc(Cl)cc3)n2)cc1. The van der Waals surface area contributed by atoms with E-state index in [0.717, 1.165) is 27.1 Å². The largest absolute Gasteiger partial charge is 0.332 e. The van der Waals surface area contributed by atoms with Gasteiger partial charge in [0.15, 0.2) is 5.13 Å². The summed E-state index contributed by atoms with van der Waals surface area (Å²) in [4.78, 5) is 4.60. The van der Waals surface area contributed by atoms with Crippen LogP contribution in [0.1, 0.15) is 5.56 Å². The van der Waals surface area contributed by atoms with Crippen LogP contribution in [0, 0.1) is 6.92 Å². The Hall–Kier alpha value is -1.84. The fourth-order valence-electron chi connectivity index (χ4n) is 1.84. The summed E-state index contributed by atoms with van der Waals surface area (Å²) < 4.78 is 0. The first-order chi connectivity index (χ1) is 9.70. The normalized spacial score (nSPS) is 10.5. The maximum Gasteiger partial charge on any atom is 0.187 e. The molecule has 0 aliphatic rings. The molecular weight excluding hydrogens is 288 g/mol. The van der Waals surface area contributed by atoms with Gasteiger partial charge in [-0.3, -0.25) is 0 Å². The number of hydrogen-bond donors (Lipinski definition) is 1. The van der Waals surface area contributed by atoms with Crippen molar-refractivity contribution in [1.29, 1.82) is 0 Å². The minimum atomic E-state index is 0.732. The van der Waals surface area contributed by atoms with E-state index in [1.165, 1.54) is 5.56 Å². The lowest BCUT2D eigenvalue weighted by atomic mass is 10.1. The zero-order chi connectivity index (χ0) is 13.9. The molecule has 0 atom stereocenters. The number of rotatable bonds is 3. The molecule has 0 bridgehead atoms. The molecular formula is C16H13ClN2S. The van der Waals surface area contributed by atoms with Crippen molar-refractivity contribution >= 4 is 33.8 Å². The molecule has 4 heteroatoms. The Morgan fingerprint density at radius 2 is 1.70 bits per heavy atom. The molecule has 0 unspecified atom stereocenters.